The lowest BCUT2D eigenvalue weighted by Crippen LogP contribution is -2.08. The van der Waals surface area contributed by atoms with Crippen LogP contribution in [0.3, 0.4) is 0 Å². The van der Waals surface area contributed by atoms with Gasteiger partial charge < -0.3 is 16.6 Å². The molecule has 3 heteroatoms. The predicted octanol–water partition coefficient (Wildman–Crippen LogP) is 1.14. The number of nitrogens with two attached hydrogens (primary N) is 2. The van der Waals surface area contributed by atoms with Crippen LogP contribution in [0.5, 0.6) is 0 Å². The molecule has 13 heavy (non-hydrogen) atoms. The van der Waals surface area contributed by atoms with Crippen LogP contribution in [0, 0.1) is 0 Å². The molecule has 5 N–H and O–H groups in total. The number of hydrogen-bond donors (Lipinski definition) is 3. The molecule has 0 unspecified atom stereocenters. The van der Waals surface area contributed by atoms with Crippen molar-refractivity contribution < 1.29 is 5.11 Å². The maximum atomic E-state index is 8.60. The fourth-order valence-electron chi connectivity index (χ4n) is 0.754. The van der Waals surface area contributed by atoms with E-state index >= 15 is 0 Å². The maximum Gasteiger partial charge on any atom is 0.0468 e. The summed E-state index contributed by atoms with van der Waals surface area (Å²) in [4.78, 5) is 0. The number of aliphatic hydroxyl groups excluding tert-OH is 1. The highest BCUT2D eigenvalue weighted by Gasteiger charge is 1.88. The average Bonchev–Trinajstić information content (AvgIpc) is 2.13. The summed E-state index contributed by atoms with van der Waals surface area (Å²) in [6.07, 6.45) is 7.91. The lowest BCUT2D eigenvalue weighted by atomic mass is 10.1. The zero-order chi connectivity index (χ0) is 10.5. The SMILES string of the molecule is C/C=C\C=C(/CC)CCO.NCN. The molecule has 0 rings (SSSR count). The van der Waals surface area contributed by atoms with Crippen molar-refractivity contribution in [1.29, 1.82) is 0 Å². The number of aliphatic hydroxyl groups is 1. The van der Waals surface area contributed by atoms with Crippen molar-refractivity contribution in [3.63, 3.8) is 0 Å². The van der Waals surface area contributed by atoms with E-state index in [-0.39, 0.29) is 13.3 Å². The van der Waals surface area contributed by atoms with Crippen molar-refractivity contribution in [3.8, 4) is 0 Å². The lowest BCUT2D eigenvalue weighted by molar-refractivity contribution is 0.298. The van der Waals surface area contributed by atoms with Gasteiger partial charge in [-0.2, -0.15) is 0 Å². The molecule has 0 aliphatic rings. The summed E-state index contributed by atoms with van der Waals surface area (Å²) >= 11 is 0. The minimum Gasteiger partial charge on any atom is -0.396 e. The van der Waals surface area contributed by atoms with Crippen LogP contribution in [0.4, 0.5) is 0 Å². The molecule has 0 aromatic heterocycles. The van der Waals surface area contributed by atoms with E-state index in [1.165, 1.54) is 5.57 Å². The first-order valence-electron chi connectivity index (χ1n) is 4.58. The molecule has 0 amide bonds. The van der Waals surface area contributed by atoms with Crippen LogP contribution in [0.25, 0.3) is 0 Å². The average molecular weight is 186 g/mol. The molecule has 0 bridgehead atoms. The van der Waals surface area contributed by atoms with E-state index in [1.807, 2.05) is 19.1 Å². The van der Waals surface area contributed by atoms with E-state index in [4.69, 9.17) is 5.11 Å². The Kier molecular flexibility index (Phi) is 15.9. The van der Waals surface area contributed by atoms with Crippen LogP contribution in [-0.2, 0) is 0 Å². The molecular formula is C10H22N2O. The van der Waals surface area contributed by atoms with Crippen LogP contribution >= 0.6 is 0 Å². The predicted molar refractivity (Wildman–Crippen MR) is 58.1 cm³/mol. The third kappa shape index (κ3) is 14.2. The van der Waals surface area contributed by atoms with Crippen LogP contribution in [-0.4, -0.2) is 18.4 Å². The van der Waals surface area contributed by atoms with Crippen molar-refractivity contribution in [3.05, 3.63) is 23.8 Å². The van der Waals surface area contributed by atoms with Gasteiger partial charge in [0, 0.05) is 13.3 Å². The Labute approximate surface area is 81.1 Å². The molecule has 0 radical (unpaired) electrons. The van der Waals surface area contributed by atoms with Gasteiger partial charge in [-0.1, -0.05) is 30.7 Å². The van der Waals surface area contributed by atoms with Crippen molar-refractivity contribution >= 4 is 0 Å². The van der Waals surface area contributed by atoms with E-state index in [0.29, 0.717) is 0 Å². The van der Waals surface area contributed by atoms with Gasteiger partial charge in [0.05, 0.1) is 0 Å². The smallest absolute Gasteiger partial charge is 0.0468 e. The number of rotatable bonds is 4. The van der Waals surface area contributed by atoms with Crippen LogP contribution in [0.2, 0.25) is 0 Å². The molecule has 0 aliphatic carbocycles. The van der Waals surface area contributed by atoms with Gasteiger partial charge in [0.25, 0.3) is 0 Å². The third-order valence-electron chi connectivity index (χ3n) is 1.41. The Morgan fingerprint density at radius 1 is 1.38 bits per heavy atom. The molecule has 0 fully saturated rings. The van der Waals surface area contributed by atoms with Crippen molar-refractivity contribution in [2.45, 2.75) is 26.7 Å². The summed E-state index contributed by atoms with van der Waals surface area (Å²) < 4.78 is 0. The van der Waals surface area contributed by atoms with Gasteiger partial charge in [-0.15, -0.1) is 0 Å². The normalized spacial score (nSPS) is 11.3. The Bertz CT molecular complexity index is 142. The molecule has 0 saturated carbocycles. The van der Waals surface area contributed by atoms with Gasteiger partial charge in [0.15, 0.2) is 0 Å². The molecule has 0 atom stereocenters. The van der Waals surface area contributed by atoms with Gasteiger partial charge in [-0.25, -0.2) is 0 Å². The molecule has 0 saturated heterocycles. The molecule has 3 nitrogen and oxygen atoms in total. The van der Waals surface area contributed by atoms with Crippen molar-refractivity contribution in [2.75, 3.05) is 13.3 Å². The third-order valence-corrected chi connectivity index (χ3v) is 1.41. The Balaban J connectivity index is 0. The summed E-state index contributed by atoms with van der Waals surface area (Å²) in [6.45, 7) is 4.60. The largest absolute Gasteiger partial charge is 0.396 e. The van der Waals surface area contributed by atoms with Crippen LogP contribution < -0.4 is 11.5 Å². The van der Waals surface area contributed by atoms with Gasteiger partial charge >= 0.3 is 0 Å². The highest BCUT2D eigenvalue weighted by Crippen LogP contribution is 2.04. The monoisotopic (exact) mass is 186 g/mol. The highest BCUT2D eigenvalue weighted by atomic mass is 16.2. The summed E-state index contributed by atoms with van der Waals surface area (Å²) in [5, 5.41) is 8.60. The molecule has 0 heterocycles. The second kappa shape index (κ2) is 13.9. The van der Waals surface area contributed by atoms with Gasteiger partial charge in [0.1, 0.15) is 0 Å². The standard InChI is InChI=1S/C9H16O.CH6N2/c1-3-5-6-9(4-2)7-8-10;2-1-3/h3,5-6,10H,4,7-8H2,1-2H3;1-3H2/b5-3-,9-6+;. The number of hydrogen-bond acceptors (Lipinski definition) is 3. The fraction of sp³-hybridized carbons (Fsp3) is 0.600. The fourth-order valence-corrected chi connectivity index (χ4v) is 0.754. The summed E-state index contributed by atoms with van der Waals surface area (Å²) in [5.74, 6) is 0. The van der Waals surface area contributed by atoms with Gasteiger partial charge in [0.2, 0.25) is 0 Å². The van der Waals surface area contributed by atoms with Gasteiger partial charge in [-0.05, 0) is 19.8 Å². The lowest BCUT2D eigenvalue weighted by Gasteiger charge is -1.97. The quantitative estimate of drug-likeness (QED) is 0.455. The topological polar surface area (TPSA) is 72.3 Å². The zero-order valence-electron chi connectivity index (χ0n) is 8.66. The minimum atomic E-state index is 0.250. The Morgan fingerprint density at radius 3 is 2.23 bits per heavy atom. The first-order valence-corrected chi connectivity index (χ1v) is 4.58. The molecular weight excluding hydrogens is 164 g/mol. The molecule has 0 spiro atoms. The summed E-state index contributed by atoms with van der Waals surface area (Å²) in [7, 11) is 0. The minimum absolute atomic E-state index is 0.250. The van der Waals surface area contributed by atoms with E-state index in [1.54, 1.807) is 0 Å². The summed E-state index contributed by atoms with van der Waals surface area (Å²) in [6, 6.07) is 0. The molecule has 0 aromatic rings. The van der Waals surface area contributed by atoms with E-state index in [0.717, 1.165) is 12.8 Å². The van der Waals surface area contributed by atoms with E-state index in [9.17, 15) is 0 Å². The maximum absolute atomic E-state index is 8.60. The second-order valence-corrected chi connectivity index (χ2v) is 2.41. The zero-order valence-corrected chi connectivity index (χ0v) is 8.66. The van der Waals surface area contributed by atoms with Crippen molar-refractivity contribution in [1.82, 2.24) is 0 Å². The second-order valence-electron chi connectivity index (χ2n) is 2.41. The van der Waals surface area contributed by atoms with E-state index in [2.05, 4.69) is 24.5 Å². The molecule has 0 aliphatic heterocycles. The highest BCUT2D eigenvalue weighted by molar-refractivity contribution is 5.11. The first kappa shape index (κ1) is 14.9. The molecule has 0 aromatic carbocycles. The summed E-state index contributed by atoms with van der Waals surface area (Å²) in [5.41, 5.74) is 10.6. The Morgan fingerprint density at radius 2 is 1.92 bits per heavy atom. The van der Waals surface area contributed by atoms with Crippen LogP contribution in [0.15, 0.2) is 23.8 Å². The van der Waals surface area contributed by atoms with Crippen molar-refractivity contribution in [2.24, 2.45) is 11.5 Å². The van der Waals surface area contributed by atoms with Crippen LogP contribution in [0.1, 0.15) is 26.7 Å². The van der Waals surface area contributed by atoms with Gasteiger partial charge in [-0.3, -0.25) is 0 Å². The molecule has 78 valence electrons. The number of allylic oxidation sites excluding steroid dienone is 3. The Hall–Kier alpha value is -0.640. The van der Waals surface area contributed by atoms with E-state index < -0.39 is 0 Å². The first-order chi connectivity index (χ1) is 6.26.